The SMILES string of the molecule is CC(C)(C)c1ccc2nn(Cc3ccc(C(F)(F)F)cc3)cc2c1. The molecule has 0 bridgehead atoms. The van der Waals surface area contributed by atoms with Gasteiger partial charge in [-0.15, -0.1) is 0 Å². The van der Waals surface area contributed by atoms with Gasteiger partial charge < -0.3 is 0 Å². The highest BCUT2D eigenvalue weighted by atomic mass is 19.4. The summed E-state index contributed by atoms with van der Waals surface area (Å²) in [4.78, 5) is 0. The fourth-order valence-corrected chi connectivity index (χ4v) is 2.61. The molecule has 1 aromatic heterocycles. The smallest absolute Gasteiger partial charge is 0.267 e. The van der Waals surface area contributed by atoms with Gasteiger partial charge in [-0.2, -0.15) is 18.3 Å². The standard InChI is InChI=1S/C19H19F3N2/c1-18(2,3)16-8-9-17-14(10-16)12-24(23-17)11-13-4-6-15(7-5-13)19(20,21)22/h4-10,12H,11H2,1-3H3. The Morgan fingerprint density at radius 2 is 1.54 bits per heavy atom. The zero-order chi connectivity index (χ0) is 17.5. The Morgan fingerprint density at radius 1 is 0.917 bits per heavy atom. The van der Waals surface area contributed by atoms with Crippen molar-refractivity contribution < 1.29 is 13.2 Å². The third-order valence-electron chi connectivity index (χ3n) is 4.04. The van der Waals surface area contributed by atoms with Crippen LogP contribution in [-0.4, -0.2) is 9.78 Å². The second-order valence-corrected chi connectivity index (χ2v) is 7.04. The summed E-state index contributed by atoms with van der Waals surface area (Å²) in [6.07, 6.45) is -2.37. The Hall–Kier alpha value is -2.30. The minimum absolute atomic E-state index is 0.0592. The molecule has 2 aromatic carbocycles. The van der Waals surface area contributed by atoms with E-state index in [1.54, 1.807) is 4.68 Å². The Morgan fingerprint density at radius 3 is 2.12 bits per heavy atom. The number of hydrogen-bond donors (Lipinski definition) is 0. The van der Waals surface area contributed by atoms with E-state index < -0.39 is 11.7 Å². The molecule has 3 aromatic rings. The van der Waals surface area contributed by atoms with Gasteiger partial charge in [-0.25, -0.2) is 0 Å². The van der Waals surface area contributed by atoms with Gasteiger partial charge in [0.1, 0.15) is 0 Å². The van der Waals surface area contributed by atoms with Gasteiger partial charge in [0.25, 0.3) is 0 Å². The molecule has 0 fully saturated rings. The third-order valence-corrected chi connectivity index (χ3v) is 4.04. The molecule has 24 heavy (non-hydrogen) atoms. The number of halogens is 3. The summed E-state index contributed by atoms with van der Waals surface area (Å²) in [5, 5.41) is 5.53. The predicted molar refractivity (Wildman–Crippen MR) is 89.0 cm³/mol. The lowest BCUT2D eigenvalue weighted by atomic mass is 9.86. The van der Waals surface area contributed by atoms with Gasteiger partial charge >= 0.3 is 6.18 Å². The molecule has 0 amide bonds. The van der Waals surface area contributed by atoms with Crippen LogP contribution in [0.5, 0.6) is 0 Å². The van der Waals surface area contributed by atoms with Crippen LogP contribution in [-0.2, 0) is 18.1 Å². The lowest BCUT2D eigenvalue weighted by molar-refractivity contribution is -0.137. The molecule has 0 aliphatic rings. The first-order chi connectivity index (χ1) is 11.1. The van der Waals surface area contributed by atoms with Gasteiger partial charge in [0, 0.05) is 11.6 Å². The van der Waals surface area contributed by atoms with Crippen LogP contribution >= 0.6 is 0 Å². The molecule has 0 aliphatic heterocycles. The predicted octanol–water partition coefficient (Wildman–Crippen LogP) is 5.40. The van der Waals surface area contributed by atoms with Crippen molar-refractivity contribution in [3.05, 3.63) is 65.4 Å². The molecule has 0 N–H and O–H groups in total. The van der Waals surface area contributed by atoms with E-state index in [-0.39, 0.29) is 5.41 Å². The van der Waals surface area contributed by atoms with Crippen molar-refractivity contribution in [3.8, 4) is 0 Å². The fourth-order valence-electron chi connectivity index (χ4n) is 2.61. The van der Waals surface area contributed by atoms with Crippen molar-refractivity contribution in [2.75, 3.05) is 0 Å². The van der Waals surface area contributed by atoms with E-state index in [2.05, 4.69) is 38.0 Å². The molecule has 0 saturated carbocycles. The molecule has 0 spiro atoms. The highest BCUT2D eigenvalue weighted by Crippen LogP contribution is 2.29. The molecular weight excluding hydrogens is 313 g/mol. The summed E-state index contributed by atoms with van der Waals surface area (Å²) in [5.74, 6) is 0. The molecule has 0 aliphatic carbocycles. The normalized spacial score (nSPS) is 12.8. The Labute approximate surface area is 138 Å². The lowest BCUT2D eigenvalue weighted by Crippen LogP contribution is -2.10. The second-order valence-electron chi connectivity index (χ2n) is 7.04. The van der Waals surface area contributed by atoms with Crippen LogP contribution in [0.3, 0.4) is 0 Å². The zero-order valence-corrected chi connectivity index (χ0v) is 13.9. The van der Waals surface area contributed by atoms with E-state index in [1.165, 1.54) is 17.7 Å². The first-order valence-electron chi connectivity index (χ1n) is 7.77. The van der Waals surface area contributed by atoms with E-state index in [1.807, 2.05) is 12.3 Å². The Balaban J connectivity index is 1.85. The van der Waals surface area contributed by atoms with Gasteiger partial charge in [-0.1, -0.05) is 39.0 Å². The Kier molecular flexibility index (Phi) is 3.90. The van der Waals surface area contributed by atoms with Crippen LogP contribution in [0.2, 0.25) is 0 Å². The summed E-state index contributed by atoms with van der Waals surface area (Å²) in [6, 6.07) is 11.4. The summed E-state index contributed by atoms with van der Waals surface area (Å²) < 4.78 is 39.6. The largest absolute Gasteiger partial charge is 0.416 e. The highest BCUT2D eigenvalue weighted by molar-refractivity contribution is 5.79. The van der Waals surface area contributed by atoms with Gasteiger partial charge in [0.15, 0.2) is 0 Å². The summed E-state index contributed by atoms with van der Waals surface area (Å²) in [7, 11) is 0. The van der Waals surface area contributed by atoms with E-state index in [4.69, 9.17) is 0 Å². The van der Waals surface area contributed by atoms with Crippen molar-refractivity contribution in [2.24, 2.45) is 0 Å². The third kappa shape index (κ3) is 3.45. The van der Waals surface area contributed by atoms with Gasteiger partial charge in [0.2, 0.25) is 0 Å². The molecule has 0 saturated heterocycles. The first-order valence-corrected chi connectivity index (χ1v) is 7.77. The molecule has 0 atom stereocenters. The minimum Gasteiger partial charge on any atom is -0.267 e. The summed E-state index contributed by atoms with van der Waals surface area (Å²) in [5.41, 5.74) is 2.32. The molecule has 126 valence electrons. The minimum atomic E-state index is -4.30. The second kappa shape index (κ2) is 5.65. The average molecular weight is 332 g/mol. The van der Waals surface area contributed by atoms with Crippen LogP contribution < -0.4 is 0 Å². The summed E-state index contributed by atoms with van der Waals surface area (Å²) >= 11 is 0. The molecule has 3 rings (SSSR count). The van der Waals surface area contributed by atoms with Crippen LogP contribution in [0.1, 0.15) is 37.5 Å². The fraction of sp³-hybridized carbons (Fsp3) is 0.316. The number of aromatic nitrogens is 2. The van der Waals surface area contributed by atoms with E-state index in [0.717, 1.165) is 28.6 Å². The van der Waals surface area contributed by atoms with Crippen LogP contribution in [0.25, 0.3) is 10.9 Å². The van der Waals surface area contributed by atoms with Crippen LogP contribution in [0, 0.1) is 0 Å². The molecule has 5 heteroatoms. The molecule has 2 nitrogen and oxygen atoms in total. The lowest BCUT2D eigenvalue weighted by Gasteiger charge is -2.18. The number of nitrogens with zero attached hydrogens (tertiary/aromatic N) is 2. The van der Waals surface area contributed by atoms with Gasteiger partial charge in [-0.05, 0) is 40.8 Å². The first kappa shape index (κ1) is 16.6. The van der Waals surface area contributed by atoms with Gasteiger partial charge in [-0.3, -0.25) is 4.68 Å². The number of fused-ring (bicyclic) bond motifs is 1. The van der Waals surface area contributed by atoms with Crippen molar-refractivity contribution in [1.29, 1.82) is 0 Å². The monoisotopic (exact) mass is 332 g/mol. The van der Waals surface area contributed by atoms with E-state index in [0.29, 0.717) is 6.54 Å². The van der Waals surface area contributed by atoms with Crippen LogP contribution in [0.4, 0.5) is 13.2 Å². The maximum absolute atomic E-state index is 12.6. The van der Waals surface area contributed by atoms with Crippen molar-refractivity contribution in [1.82, 2.24) is 9.78 Å². The summed E-state index contributed by atoms with van der Waals surface area (Å²) in [6.45, 7) is 6.90. The number of hydrogen-bond acceptors (Lipinski definition) is 1. The quantitative estimate of drug-likeness (QED) is 0.614. The highest BCUT2D eigenvalue weighted by Gasteiger charge is 2.29. The van der Waals surface area contributed by atoms with Crippen molar-refractivity contribution in [2.45, 2.75) is 38.9 Å². The van der Waals surface area contributed by atoms with E-state index in [9.17, 15) is 13.2 Å². The average Bonchev–Trinajstić information content (AvgIpc) is 2.87. The molecule has 1 heterocycles. The topological polar surface area (TPSA) is 17.8 Å². The van der Waals surface area contributed by atoms with Crippen LogP contribution in [0.15, 0.2) is 48.7 Å². The number of alkyl halides is 3. The maximum atomic E-state index is 12.6. The van der Waals surface area contributed by atoms with E-state index >= 15 is 0 Å². The number of benzene rings is 2. The maximum Gasteiger partial charge on any atom is 0.416 e. The Bertz CT molecular complexity index is 853. The molecule has 0 radical (unpaired) electrons. The van der Waals surface area contributed by atoms with Crippen molar-refractivity contribution in [3.63, 3.8) is 0 Å². The van der Waals surface area contributed by atoms with Gasteiger partial charge in [0.05, 0.1) is 17.6 Å². The molecule has 0 unspecified atom stereocenters. The molecular formula is C19H19F3N2. The van der Waals surface area contributed by atoms with Crippen molar-refractivity contribution >= 4 is 10.9 Å². The zero-order valence-electron chi connectivity index (χ0n) is 13.9. The number of rotatable bonds is 2.